The van der Waals surface area contributed by atoms with Crippen molar-refractivity contribution in [3.63, 3.8) is 0 Å². The average Bonchev–Trinajstić information content (AvgIpc) is 3.79. The van der Waals surface area contributed by atoms with Gasteiger partial charge in [0.05, 0.1) is 22.2 Å². The van der Waals surface area contributed by atoms with Crippen molar-refractivity contribution in [2.24, 2.45) is 0 Å². The molecule has 0 saturated carbocycles. The minimum Gasteiger partial charge on any atom is -0.457 e. The first kappa shape index (κ1) is 53.2. The van der Waals surface area contributed by atoms with Crippen LogP contribution in [-0.2, 0) is 26.4 Å². The molecule has 0 radical (unpaired) electrons. The predicted octanol–water partition coefficient (Wildman–Crippen LogP) is 16.5. The highest BCUT2D eigenvalue weighted by Crippen LogP contribution is 2.53. The van der Waals surface area contributed by atoms with E-state index in [-0.39, 0.29) is 46.9 Å². The zero-order valence-corrected chi connectivity index (χ0v) is 46.3. The Bertz CT molecular complexity index is 4430. The summed E-state index contributed by atoms with van der Waals surface area (Å²) in [5, 5.41) is 13.7. The summed E-state index contributed by atoms with van der Waals surface area (Å²) in [5.74, 6) is 2.70. The quantitative estimate of drug-likeness (QED) is 0.151. The zero-order valence-electron chi connectivity index (χ0n) is 46.3. The predicted molar refractivity (Wildman–Crippen MR) is 318 cm³/mol. The van der Waals surface area contributed by atoms with Crippen molar-refractivity contribution in [3.05, 3.63) is 181 Å². The fraction of sp³-hybridized carbons (Fsp3) is 0.284. The Kier molecular flexibility index (Phi) is 12.7. The molecule has 6 aromatic heterocycles. The lowest BCUT2D eigenvalue weighted by Gasteiger charge is -2.45. The highest BCUT2D eigenvalue weighted by atomic mass is 19.1. The van der Waals surface area contributed by atoms with E-state index in [1.165, 1.54) is 56.5 Å². The van der Waals surface area contributed by atoms with Gasteiger partial charge < -0.3 is 28.9 Å². The molecule has 0 spiro atoms. The van der Waals surface area contributed by atoms with Crippen LogP contribution in [0.4, 0.5) is 8.78 Å². The largest absolute Gasteiger partial charge is 0.457 e. The van der Waals surface area contributed by atoms with Crippen LogP contribution in [-0.4, -0.2) is 57.1 Å². The third kappa shape index (κ3) is 7.95. The number of nitrogens with one attached hydrogen (secondary N) is 1. The number of hydrogen-bond acceptors (Lipinski definition) is 8. The van der Waals surface area contributed by atoms with Crippen molar-refractivity contribution in [1.29, 1.82) is 0 Å². The van der Waals surface area contributed by atoms with Crippen LogP contribution in [0, 0.1) is 11.6 Å². The van der Waals surface area contributed by atoms with Crippen molar-refractivity contribution in [2.45, 2.75) is 110 Å². The molecule has 1 unspecified atom stereocenters. The first-order chi connectivity index (χ1) is 38.5. The monoisotopic (exact) mass is 1080 g/mol. The van der Waals surface area contributed by atoms with Crippen LogP contribution in [0.2, 0.25) is 0 Å². The molecule has 9 heterocycles. The highest BCUT2D eigenvalue weighted by Gasteiger charge is 2.48. The van der Waals surface area contributed by atoms with E-state index in [9.17, 15) is 4.39 Å². The first-order valence-electron chi connectivity index (χ1n) is 27.3. The molecule has 0 aliphatic carbocycles. The summed E-state index contributed by atoms with van der Waals surface area (Å²) in [6.07, 6.45) is 13.7. The molecule has 1 atom stereocenters. The number of para-hydroxylation sites is 2. The smallest absolute Gasteiger partial charge is 0.145 e. The number of aromatic nitrogens is 8. The van der Waals surface area contributed by atoms with Crippen LogP contribution in [0.1, 0.15) is 111 Å². The maximum Gasteiger partial charge on any atom is 0.145 e. The number of ether oxygens (including phenoxy) is 3. The highest BCUT2D eigenvalue weighted by molar-refractivity contribution is 6.14. The fourth-order valence-electron chi connectivity index (χ4n) is 12.6. The summed E-state index contributed by atoms with van der Waals surface area (Å²) in [5.41, 5.74) is 9.79. The number of imidazole rings is 4. The molecule has 0 bridgehead atoms. The Labute approximate surface area is 469 Å². The SMILES string of the molecule is C.CC1(C)c2cccc3c4ccc(Oc5ccc(F)c(-c6ncc[nH]6)c5)cc4c4ncc(n4c23)C1(C)C.CC1(C)c2cccc3c4ccc(Oc5ccc(F)c(-c6nccn6C6CCCCO6)c5)cc4c4ncc(n4c23)C1(C)C.CO. The topological polar surface area (TPSA) is 129 Å². The molecular formula is C67H66F2N8O4. The standard InChI is InChI=1S/C35H33FN4O2.C30H25FN4O.CH4O.CH4/c1-34(2)27-9-7-8-24-23-13-11-21(18-25(23)33-38-20-29(35(34,3)4)40(33)31(24)27)42-22-12-14-28(36)26(19-22)32-37-15-16-39(32)30-10-5-6-17-41-30;1-29(2)23-7-5-6-20-19-10-8-17(36-18-9-11-24(31)22(15-18)27-32-12-13-33-27)14-21(19)28-34-16-25(30(29,3)4)35(28)26(20)23;1-2;/h7-9,11-16,18-20,30H,5-6,10,17H2,1-4H3;5-16H,1-4H3,(H,32,33);2H,1H3;1H4. The van der Waals surface area contributed by atoms with E-state index in [0.29, 0.717) is 52.4 Å². The van der Waals surface area contributed by atoms with Crippen LogP contribution in [0.5, 0.6) is 23.0 Å². The van der Waals surface area contributed by atoms with Gasteiger partial charge in [-0.1, -0.05) is 99.2 Å². The number of aliphatic hydroxyl groups is 1. The molecule has 2 N–H and O–H groups in total. The van der Waals surface area contributed by atoms with Crippen molar-refractivity contribution in [2.75, 3.05) is 13.7 Å². The lowest BCUT2D eigenvalue weighted by atomic mass is 9.61. The molecule has 1 fully saturated rings. The summed E-state index contributed by atoms with van der Waals surface area (Å²) in [6.45, 7) is 19.2. The van der Waals surface area contributed by atoms with Gasteiger partial charge in [-0.15, -0.1) is 0 Å². The van der Waals surface area contributed by atoms with Gasteiger partial charge in [0.15, 0.2) is 0 Å². The molecule has 0 amide bonds. The second kappa shape index (κ2) is 19.4. The molecular weight excluding hydrogens is 1020 g/mol. The molecule has 1 saturated heterocycles. The Morgan fingerprint density at radius 2 is 1.06 bits per heavy atom. The molecule has 15 rings (SSSR count). The van der Waals surface area contributed by atoms with E-state index in [2.05, 4.69) is 128 Å². The van der Waals surface area contributed by atoms with Gasteiger partial charge in [0.1, 0.15) is 63.8 Å². The third-order valence-corrected chi connectivity index (χ3v) is 18.3. The number of rotatable bonds is 7. The second-order valence-corrected chi connectivity index (χ2v) is 23.3. The van der Waals surface area contributed by atoms with Crippen molar-refractivity contribution in [1.82, 2.24) is 38.3 Å². The van der Waals surface area contributed by atoms with E-state index < -0.39 is 0 Å². The normalized spacial score (nSPS) is 17.1. The number of aromatic amines is 1. The Morgan fingerprint density at radius 1 is 0.556 bits per heavy atom. The molecule has 14 heteroatoms. The summed E-state index contributed by atoms with van der Waals surface area (Å²) in [4.78, 5) is 21.5. The van der Waals surface area contributed by atoms with Crippen molar-refractivity contribution in [3.8, 4) is 45.8 Å². The lowest BCUT2D eigenvalue weighted by Crippen LogP contribution is -2.44. The van der Waals surface area contributed by atoms with E-state index in [4.69, 9.17) is 29.3 Å². The van der Waals surface area contributed by atoms with E-state index in [1.54, 1.807) is 42.9 Å². The molecule has 12 aromatic rings. The molecule has 412 valence electrons. The summed E-state index contributed by atoms with van der Waals surface area (Å²) in [6, 6.07) is 35.0. The van der Waals surface area contributed by atoms with Crippen LogP contribution in [0.3, 0.4) is 0 Å². The van der Waals surface area contributed by atoms with Crippen LogP contribution in [0.15, 0.2) is 146 Å². The van der Waals surface area contributed by atoms with Crippen LogP contribution >= 0.6 is 0 Å². The van der Waals surface area contributed by atoms with Crippen molar-refractivity contribution >= 4 is 54.6 Å². The van der Waals surface area contributed by atoms with Gasteiger partial charge in [-0.25, -0.2) is 28.7 Å². The molecule has 12 nitrogen and oxygen atoms in total. The lowest BCUT2D eigenvalue weighted by molar-refractivity contribution is -0.0309. The number of aliphatic hydroxyl groups excluding tert-OH is 1. The van der Waals surface area contributed by atoms with Gasteiger partial charge >= 0.3 is 0 Å². The fourth-order valence-corrected chi connectivity index (χ4v) is 12.6. The minimum absolute atomic E-state index is 0. The first-order valence-corrected chi connectivity index (χ1v) is 27.3. The van der Waals surface area contributed by atoms with Crippen LogP contribution < -0.4 is 9.47 Å². The Balaban J connectivity index is 0.000000156. The number of fused-ring (bicyclic) bond motifs is 6. The number of benzene rings is 6. The number of nitrogens with zero attached hydrogens (tertiary/aromatic N) is 7. The summed E-state index contributed by atoms with van der Waals surface area (Å²) >= 11 is 0. The van der Waals surface area contributed by atoms with E-state index in [1.807, 2.05) is 47.4 Å². The Hall–Kier alpha value is -8.46. The molecule has 3 aliphatic heterocycles. The maximum atomic E-state index is 15.1. The van der Waals surface area contributed by atoms with Gasteiger partial charge in [0.25, 0.3) is 0 Å². The summed E-state index contributed by atoms with van der Waals surface area (Å²) in [7, 11) is 1.00. The summed E-state index contributed by atoms with van der Waals surface area (Å²) < 4.78 is 54.7. The average molecular weight is 1090 g/mol. The minimum atomic E-state index is -0.357. The zero-order chi connectivity index (χ0) is 55.6. The van der Waals surface area contributed by atoms with Gasteiger partial charge in [0, 0.05) is 105 Å². The molecule has 6 aromatic carbocycles. The number of hydrogen-bond donors (Lipinski definition) is 2. The molecule has 81 heavy (non-hydrogen) atoms. The van der Waals surface area contributed by atoms with E-state index in [0.717, 1.165) is 59.2 Å². The number of halogens is 2. The Morgan fingerprint density at radius 3 is 1.57 bits per heavy atom. The van der Waals surface area contributed by atoms with Gasteiger partial charge in [-0.2, -0.15) is 0 Å². The van der Waals surface area contributed by atoms with Gasteiger partial charge in [-0.3, -0.25) is 8.80 Å². The molecule has 3 aliphatic rings. The van der Waals surface area contributed by atoms with Crippen molar-refractivity contribution < 1.29 is 28.1 Å². The second-order valence-electron chi connectivity index (χ2n) is 23.3. The number of pyridine rings is 2. The van der Waals surface area contributed by atoms with E-state index >= 15 is 4.39 Å². The number of H-pyrrole nitrogens is 1. The van der Waals surface area contributed by atoms with Gasteiger partial charge in [0.2, 0.25) is 0 Å². The third-order valence-electron chi connectivity index (χ3n) is 18.3. The van der Waals surface area contributed by atoms with Gasteiger partial charge in [-0.05, 0) is 114 Å². The van der Waals surface area contributed by atoms with Crippen LogP contribution in [0.25, 0.3) is 77.4 Å². The maximum absolute atomic E-state index is 15.1.